The molecule has 1 aliphatic rings. The Balaban J connectivity index is 0. The molecular formula is C10H25N. The van der Waals surface area contributed by atoms with E-state index in [4.69, 9.17) is 0 Å². The summed E-state index contributed by atoms with van der Waals surface area (Å²) in [7, 11) is 0. The highest BCUT2D eigenvalue weighted by Crippen LogP contribution is 2.21. The Morgan fingerprint density at radius 3 is 1.55 bits per heavy atom. The van der Waals surface area contributed by atoms with Gasteiger partial charge in [-0.3, -0.25) is 0 Å². The van der Waals surface area contributed by atoms with E-state index in [2.05, 4.69) is 19.2 Å². The second-order valence-corrected chi connectivity index (χ2v) is 3.09. The Labute approximate surface area is 72.6 Å². The molecule has 0 amide bonds. The van der Waals surface area contributed by atoms with Gasteiger partial charge in [0.1, 0.15) is 0 Å². The van der Waals surface area contributed by atoms with E-state index in [1.165, 1.54) is 19.5 Å². The van der Waals surface area contributed by atoms with Crippen molar-refractivity contribution in [2.45, 2.75) is 48.0 Å². The van der Waals surface area contributed by atoms with Crippen molar-refractivity contribution in [1.82, 2.24) is 5.32 Å². The van der Waals surface area contributed by atoms with Crippen molar-refractivity contribution < 1.29 is 0 Å². The van der Waals surface area contributed by atoms with Crippen molar-refractivity contribution in [3.63, 3.8) is 0 Å². The third-order valence-electron chi connectivity index (χ3n) is 1.58. The fourth-order valence-corrected chi connectivity index (χ4v) is 0.942. The van der Waals surface area contributed by atoms with E-state index in [9.17, 15) is 0 Å². The lowest BCUT2D eigenvalue weighted by molar-refractivity contribution is 0.413. The minimum atomic E-state index is 0.583. The maximum Gasteiger partial charge on any atom is 0.000300 e. The van der Waals surface area contributed by atoms with Crippen LogP contribution in [-0.2, 0) is 0 Å². The van der Waals surface area contributed by atoms with Crippen LogP contribution in [0.15, 0.2) is 0 Å². The summed E-state index contributed by atoms with van der Waals surface area (Å²) in [5, 5.41) is 3.31. The minimum Gasteiger partial charge on any atom is -0.316 e. The molecule has 70 valence electrons. The van der Waals surface area contributed by atoms with Crippen LogP contribution in [0.5, 0.6) is 0 Å². The molecule has 1 heterocycles. The highest BCUT2D eigenvalue weighted by Gasteiger charge is 2.21. The Bertz CT molecular complexity index is 59.3. The van der Waals surface area contributed by atoms with Gasteiger partial charge in [-0.25, -0.2) is 0 Å². The molecule has 0 atom stereocenters. The number of rotatable bonds is 0. The first-order chi connectivity index (χ1) is 5.21. The molecule has 1 rings (SSSR count). The fraction of sp³-hybridized carbons (Fsp3) is 1.00. The average molecular weight is 159 g/mol. The van der Waals surface area contributed by atoms with E-state index in [1.807, 2.05) is 27.7 Å². The van der Waals surface area contributed by atoms with Crippen LogP contribution >= 0.6 is 0 Å². The van der Waals surface area contributed by atoms with E-state index in [0.29, 0.717) is 5.41 Å². The quantitative estimate of drug-likeness (QED) is 0.573. The molecule has 11 heavy (non-hydrogen) atoms. The summed E-state index contributed by atoms with van der Waals surface area (Å²) >= 11 is 0. The van der Waals surface area contributed by atoms with Crippen LogP contribution in [0.3, 0.4) is 0 Å². The molecule has 1 fully saturated rings. The Morgan fingerprint density at radius 2 is 1.45 bits per heavy atom. The molecule has 1 saturated heterocycles. The second-order valence-electron chi connectivity index (χ2n) is 3.09. The molecule has 0 aromatic heterocycles. The molecule has 0 spiro atoms. The van der Waals surface area contributed by atoms with Gasteiger partial charge in [0, 0.05) is 6.54 Å². The molecule has 0 aromatic carbocycles. The number of hydrogen-bond donors (Lipinski definition) is 1. The van der Waals surface area contributed by atoms with Crippen LogP contribution in [0.1, 0.15) is 48.0 Å². The molecule has 0 aromatic rings. The lowest BCUT2D eigenvalue weighted by Crippen LogP contribution is -2.15. The predicted molar refractivity (Wildman–Crippen MR) is 54.0 cm³/mol. The molecule has 0 radical (unpaired) electrons. The molecule has 0 unspecified atom stereocenters. The molecule has 1 nitrogen and oxygen atoms in total. The van der Waals surface area contributed by atoms with E-state index in [-0.39, 0.29) is 0 Å². The zero-order chi connectivity index (χ0) is 9.33. The second kappa shape index (κ2) is 8.06. The van der Waals surface area contributed by atoms with Crippen molar-refractivity contribution in [2.24, 2.45) is 5.41 Å². The van der Waals surface area contributed by atoms with Crippen LogP contribution in [0.4, 0.5) is 0 Å². The molecular weight excluding hydrogens is 134 g/mol. The third kappa shape index (κ3) is 7.86. The van der Waals surface area contributed by atoms with Gasteiger partial charge in [-0.05, 0) is 18.4 Å². The van der Waals surface area contributed by atoms with Gasteiger partial charge >= 0.3 is 0 Å². The van der Waals surface area contributed by atoms with Gasteiger partial charge in [0.25, 0.3) is 0 Å². The largest absolute Gasteiger partial charge is 0.316 e. The summed E-state index contributed by atoms with van der Waals surface area (Å²) in [6, 6.07) is 0. The first kappa shape index (κ1) is 13.5. The summed E-state index contributed by atoms with van der Waals surface area (Å²) in [4.78, 5) is 0. The molecule has 0 saturated carbocycles. The maximum atomic E-state index is 3.31. The molecule has 1 N–H and O–H groups in total. The molecule has 1 heteroatoms. The van der Waals surface area contributed by atoms with Gasteiger partial charge in [-0.2, -0.15) is 0 Å². The minimum absolute atomic E-state index is 0.583. The van der Waals surface area contributed by atoms with Crippen molar-refractivity contribution in [3.8, 4) is 0 Å². The van der Waals surface area contributed by atoms with Crippen molar-refractivity contribution in [3.05, 3.63) is 0 Å². The van der Waals surface area contributed by atoms with Crippen molar-refractivity contribution in [2.75, 3.05) is 13.1 Å². The van der Waals surface area contributed by atoms with Crippen LogP contribution in [0.25, 0.3) is 0 Å². The predicted octanol–water partition coefficient (Wildman–Crippen LogP) is 3.06. The van der Waals surface area contributed by atoms with Crippen molar-refractivity contribution in [1.29, 1.82) is 0 Å². The molecule has 1 aliphatic heterocycles. The zero-order valence-electron chi connectivity index (χ0n) is 9.12. The molecule has 0 bridgehead atoms. The monoisotopic (exact) mass is 159 g/mol. The Kier molecular flexibility index (Phi) is 9.92. The average Bonchev–Trinajstić information content (AvgIpc) is 2.43. The van der Waals surface area contributed by atoms with Crippen LogP contribution in [0, 0.1) is 5.41 Å². The molecule has 0 aliphatic carbocycles. The van der Waals surface area contributed by atoms with E-state index in [1.54, 1.807) is 0 Å². The number of hydrogen-bond acceptors (Lipinski definition) is 1. The van der Waals surface area contributed by atoms with Crippen LogP contribution in [0.2, 0.25) is 0 Å². The lowest BCUT2D eigenvalue weighted by Gasteiger charge is -2.12. The number of nitrogens with one attached hydrogen (secondary N) is 1. The van der Waals surface area contributed by atoms with Gasteiger partial charge in [-0.15, -0.1) is 0 Å². The topological polar surface area (TPSA) is 12.0 Å². The standard InChI is InChI=1S/C6H13N.2C2H6/c1-6(2)3-4-7-5-6;2*1-2/h7H,3-5H2,1-2H3;2*1-2H3. The summed E-state index contributed by atoms with van der Waals surface area (Å²) < 4.78 is 0. The highest BCUT2D eigenvalue weighted by molar-refractivity contribution is 4.78. The van der Waals surface area contributed by atoms with Crippen LogP contribution in [-0.4, -0.2) is 13.1 Å². The summed E-state index contributed by atoms with van der Waals surface area (Å²) in [5.74, 6) is 0. The summed E-state index contributed by atoms with van der Waals surface area (Å²) in [5.41, 5.74) is 0.583. The van der Waals surface area contributed by atoms with Crippen molar-refractivity contribution >= 4 is 0 Å². The normalized spacial score (nSPS) is 19.1. The van der Waals surface area contributed by atoms with Gasteiger partial charge in [0.2, 0.25) is 0 Å². The smallest absolute Gasteiger partial charge is 0.000300 e. The van der Waals surface area contributed by atoms with Gasteiger partial charge in [-0.1, -0.05) is 41.5 Å². The lowest BCUT2D eigenvalue weighted by atomic mass is 9.93. The Hall–Kier alpha value is -0.0400. The fourth-order valence-electron chi connectivity index (χ4n) is 0.942. The third-order valence-corrected chi connectivity index (χ3v) is 1.58. The maximum absolute atomic E-state index is 3.31. The summed E-state index contributed by atoms with van der Waals surface area (Å²) in [6.07, 6.45) is 1.34. The van der Waals surface area contributed by atoms with Gasteiger partial charge < -0.3 is 5.32 Å². The van der Waals surface area contributed by atoms with Gasteiger partial charge in [0.15, 0.2) is 0 Å². The highest BCUT2D eigenvalue weighted by atomic mass is 14.9. The van der Waals surface area contributed by atoms with Gasteiger partial charge in [0.05, 0.1) is 0 Å². The SMILES string of the molecule is CC.CC.CC1(C)CCNC1. The zero-order valence-corrected chi connectivity index (χ0v) is 9.12. The van der Waals surface area contributed by atoms with E-state index >= 15 is 0 Å². The Morgan fingerprint density at radius 1 is 1.00 bits per heavy atom. The first-order valence-electron chi connectivity index (χ1n) is 4.91. The van der Waals surface area contributed by atoms with E-state index in [0.717, 1.165) is 0 Å². The van der Waals surface area contributed by atoms with Crippen LogP contribution < -0.4 is 5.32 Å². The van der Waals surface area contributed by atoms with E-state index < -0.39 is 0 Å². The summed E-state index contributed by atoms with van der Waals surface area (Å²) in [6.45, 7) is 15.0. The first-order valence-corrected chi connectivity index (χ1v) is 4.91.